The van der Waals surface area contributed by atoms with Gasteiger partial charge in [-0.2, -0.15) is 0 Å². The number of aliphatic hydroxyl groups is 1. The van der Waals surface area contributed by atoms with Gasteiger partial charge in [-0.1, -0.05) is 24.3 Å². The highest BCUT2D eigenvalue weighted by molar-refractivity contribution is 6.46. The number of nitrogens with zero attached hydrogens (tertiary/aromatic N) is 3. The molecule has 0 aromatic heterocycles. The summed E-state index contributed by atoms with van der Waals surface area (Å²) in [5.41, 5.74) is 0.426. The van der Waals surface area contributed by atoms with Crippen molar-refractivity contribution in [1.29, 1.82) is 0 Å². The van der Waals surface area contributed by atoms with E-state index >= 15 is 0 Å². The minimum absolute atomic E-state index is 0.103. The van der Waals surface area contributed by atoms with Gasteiger partial charge in [0.15, 0.2) is 0 Å². The smallest absolute Gasteiger partial charge is 0.295 e. The SMILES string of the molecule is COc1cccc(/C(O)=C2\C(=O)C(=O)N(CCCN(C)C)[C@@H]2c2cccc([N+](=O)[O-])c2)c1. The summed E-state index contributed by atoms with van der Waals surface area (Å²) < 4.78 is 5.19. The lowest BCUT2D eigenvalue weighted by atomic mass is 9.95. The fourth-order valence-corrected chi connectivity index (χ4v) is 3.75. The molecule has 168 valence electrons. The van der Waals surface area contributed by atoms with Crippen molar-refractivity contribution in [2.45, 2.75) is 12.5 Å². The molecule has 1 N–H and O–H groups in total. The van der Waals surface area contributed by atoms with Crippen LogP contribution in [0.1, 0.15) is 23.6 Å². The number of non-ortho nitro benzene ring substituents is 1. The number of carbonyl (C=O) groups is 2. The number of benzene rings is 2. The number of Topliss-reactive ketones (excluding diaryl/α,β-unsaturated/α-hetero) is 1. The number of aliphatic hydroxyl groups excluding tert-OH is 1. The zero-order chi connectivity index (χ0) is 23.4. The number of amides is 1. The van der Waals surface area contributed by atoms with Crippen molar-refractivity contribution in [2.24, 2.45) is 0 Å². The fourth-order valence-electron chi connectivity index (χ4n) is 3.75. The Kier molecular flexibility index (Phi) is 6.89. The van der Waals surface area contributed by atoms with E-state index < -0.39 is 22.7 Å². The Labute approximate surface area is 185 Å². The van der Waals surface area contributed by atoms with Crippen LogP contribution in [0.25, 0.3) is 5.76 Å². The van der Waals surface area contributed by atoms with Gasteiger partial charge in [-0.05, 0) is 44.8 Å². The van der Waals surface area contributed by atoms with Crippen molar-refractivity contribution in [3.63, 3.8) is 0 Å². The van der Waals surface area contributed by atoms with Gasteiger partial charge in [0, 0.05) is 24.2 Å². The monoisotopic (exact) mass is 439 g/mol. The first-order chi connectivity index (χ1) is 15.2. The number of nitro groups is 1. The third-order valence-electron chi connectivity index (χ3n) is 5.28. The Balaban J connectivity index is 2.14. The number of nitro benzene ring substituents is 1. The molecule has 1 amide bonds. The summed E-state index contributed by atoms with van der Waals surface area (Å²) in [7, 11) is 5.27. The van der Waals surface area contributed by atoms with Crippen LogP contribution in [0.5, 0.6) is 5.75 Å². The summed E-state index contributed by atoms with van der Waals surface area (Å²) in [5.74, 6) is -1.45. The molecule has 0 saturated carbocycles. The van der Waals surface area contributed by atoms with Gasteiger partial charge in [0.2, 0.25) is 0 Å². The fraction of sp³-hybridized carbons (Fsp3) is 0.304. The quantitative estimate of drug-likeness (QED) is 0.221. The van der Waals surface area contributed by atoms with Crippen LogP contribution in [0.2, 0.25) is 0 Å². The van der Waals surface area contributed by atoms with Crippen LogP contribution in [0.15, 0.2) is 54.1 Å². The molecule has 9 heteroatoms. The maximum atomic E-state index is 13.0. The van der Waals surface area contributed by atoms with Crippen LogP contribution in [0, 0.1) is 10.1 Å². The topological polar surface area (TPSA) is 113 Å². The first-order valence-corrected chi connectivity index (χ1v) is 10.1. The summed E-state index contributed by atoms with van der Waals surface area (Å²) >= 11 is 0. The summed E-state index contributed by atoms with van der Waals surface area (Å²) in [4.78, 5) is 40.0. The van der Waals surface area contributed by atoms with Crippen molar-refractivity contribution in [3.8, 4) is 5.75 Å². The molecule has 1 atom stereocenters. The minimum Gasteiger partial charge on any atom is -0.507 e. The number of rotatable bonds is 8. The molecule has 32 heavy (non-hydrogen) atoms. The third kappa shape index (κ3) is 4.62. The lowest BCUT2D eigenvalue weighted by molar-refractivity contribution is -0.384. The minimum atomic E-state index is -0.941. The van der Waals surface area contributed by atoms with E-state index in [4.69, 9.17) is 4.74 Å². The van der Waals surface area contributed by atoms with Crippen LogP contribution >= 0.6 is 0 Å². The number of ether oxygens (including phenoxy) is 1. The molecule has 1 heterocycles. The molecule has 1 aliphatic heterocycles. The largest absolute Gasteiger partial charge is 0.507 e. The van der Waals surface area contributed by atoms with Crippen molar-refractivity contribution >= 4 is 23.1 Å². The highest BCUT2D eigenvalue weighted by Crippen LogP contribution is 2.40. The lowest BCUT2D eigenvalue weighted by Gasteiger charge is -2.25. The first-order valence-electron chi connectivity index (χ1n) is 10.1. The van der Waals surface area contributed by atoms with Crippen molar-refractivity contribution < 1.29 is 24.4 Å². The molecule has 2 aromatic rings. The molecular formula is C23H25N3O6. The van der Waals surface area contributed by atoms with E-state index in [1.165, 1.54) is 30.2 Å². The number of carbonyl (C=O) groups excluding carboxylic acids is 2. The van der Waals surface area contributed by atoms with Crippen LogP contribution in [0.4, 0.5) is 5.69 Å². The van der Waals surface area contributed by atoms with Gasteiger partial charge in [0.25, 0.3) is 17.4 Å². The normalized spacial score (nSPS) is 17.8. The molecule has 1 saturated heterocycles. The van der Waals surface area contributed by atoms with Crippen LogP contribution in [0.3, 0.4) is 0 Å². The molecular weight excluding hydrogens is 414 g/mol. The van der Waals surface area contributed by atoms with Gasteiger partial charge in [-0.25, -0.2) is 0 Å². The lowest BCUT2D eigenvalue weighted by Crippen LogP contribution is -2.32. The van der Waals surface area contributed by atoms with E-state index in [-0.39, 0.29) is 23.6 Å². The number of likely N-dealkylation sites (tertiary alicyclic amines) is 1. The van der Waals surface area contributed by atoms with Crippen LogP contribution in [-0.4, -0.2) is 65.8 Å². The second-order valence-corrected chi connectivity index (χ2v) is 7.73. The van der Waals surface area contributed by atoms with Gasteiger partial charge in [0.05, 0.1) is 23.6 Å². The van der Waals surface area contributed by atoms with Gasteiger partial charge in [-0.15, -0.1) is 0 Å². The highest BCUT2D eigenvalue weighted by Gasteiger charge is 2.46. The Morgan fingerprint density at radius 3 is 2.56 bits per heavy atom. The average molecular weight is 439 g/mol. The molecule has 0 aliphatic carbocycles. The summed E-state index contributed by atoms with van der Waals surface area (Å²) in [6.07, 6.45) is 0.588. The van der Waals surface area contributed by atoms with E-state index in [2.05, 4.69) is 0 Å². The van der Waals surface area contributed by atoms with Gasteiger partial charge in [-0.3, -0.25) is 19.7 Å². The third-order valence-corrected chi connectivity index (χ3v) is 5.28. The summed E-state index contributed by atoms with van der Waals surface area (Å²) in [6.45, 7) is 0.936. The van der Waals surface area contributed by atoms with Crippen molar-refractivity contribution in [2.75, 3.05) is 34.3 Å². The van der Waals surface area contributed by atoms with Gasteiger partial charge in [0.1, 0.15) is 11.5 Å². The van der Waals surface area contributed by atoms with Crippen LogP contribution < -0.4 is 4.74 Å². The molecule has 0 spiro atoms. The number of hydrogen-bond donors (Lipinski definition) is 1. The Hall–Kier alpha value is -3.72. The molecule has 2 aromatic carbocycles. The zero-order valence-electron chi connectivity index (χ0n) is 18.1. The Bertz CT molecular complexity index is 1080. The highest BCUT2D eigenvalue weighted by atomic mass is 16.6. The van der Waals surface area contributed by atoms with Gasteiger partial charge >= 0.3 is 0 Å². The molecule has 0 unspecified atom stereocenters. The maximum absolute atomic E-state index is 13.0. The molecule has 3 rings (SSSR count). The molecule has 1 fully saturated rings. The maximum Gasteiger partial charge on any atom is 0.295 e. The predicted octanol–water partition coefficient (Wildman–Crippen LogP) is 2.98. The van der Waals surface area contributed by atoms with Gasteiger partial charge < -0.3 is 19.6 Å². The first kappa shape index (κ1) is 23.0. The molecule has 0 radical (unpaired) electrons. The number of methoxy groups -OCH3 is 1. The van der Waals surface area contributed by atoms with Crippen molar-refractivity contribution in [3.05, 3.63) is 75.3 Å². The van der Waals surface area contributed by atoms with E-state index in [9.17, 15) is 24.8 Å². The Morgan fingerprint density at radius 2 is 1.91 bits per heavy atom. The predicted molar refractivity (Wildman–Crippen MR) is 118 cm³/mol. The summed E-state index contributed by atoms with van der Waals surface area (Å²) in [5, 5.41) is 22.4. The van der Waals surface area contributed by atoms with Crippen LogP contribution in [-0.2, 0) is 9.59 Å². The Morgan fingerprint density at radius 1 is 1.19 bits per heavy atom. The van der Waals surface area contributed by atoms with E-state index in [0.717, 1.165) is 0 Å². The zero-order valence-corrected chi connectivity index (χ0v) is 18.1. The second kappa shape index (κ2) is 9.61. The molecule has 9 nitrogen and oxygen atoms in total. The summed E-state index contributed by atoms with van der Waals surface area (Å²) in [6, 6.07) is 11.3. The standard InChI is InChI=1S/C23H25N3O6/c1-24(2)11-6-12-25-20(15-7-4-9-17(13-15)26(30)31)19(22(28)23(25)29)21(27)16-8-5-10-18(14-16)32-3/h4-5,7-10,13-14,20,27H,6,11-12H2,1-3H3/b21-19+/t20-/m1/s1. The second-order valence-electron chi connectivity index (χ2n) is 7.73. The number of ketones is 1. The average Bonchev–Trinajstić information content (AvgIpc) is 3.03. The van der Waals surface area contributed by atoms with Crippen molar-refractivity contribution in [1.82, 2.24) is 9.80 Å². The van der Waals surface area contributed by atoms with E-state index in [1.54, 1.807) is 30.3 Å². The number of hydrogen-bond acceptors (Lipinski definition) is 7. The molecule has 0 bridgehead atoms. The van der Waals surface area contributed by atoms with E-state index in [0.29, 0.717) is 29.8 Å². The molecule has 1 aliphatic rings. The van der Waals surface area contributed by atoms with E-state index in [1.807, 2.05) is 19.0 Å².